The molecule has 0 aliphatic heterocycles. The average molecular weight is 294 g/mol. The quantitative estimate of drug-likeness (QED) is 0.540. The molecule has 1 aromatic rings. The van der Waals surface area contributed by atoms with Gasteiger partial charge in [-0.1, -0.05) is 25.6 Å². The van der Waals surface area contributed by atoms with E-state index in [0.717, 1.165) is 11.8 Å². The van der Waals surface area contributed by atoms with Crippen molar-refractivity contribution in [3.63, 3.8) is 0 Å². The number of nitriles is 1. The lowest BCUT2D eigenvalue weighted by atomic mass is 9.90. The van der Waals surface area contributed by atoms with Gasteiger partial charge in [-0.2, -0.15) is 5.26 Å². The van der Waals surface area contributed by atoms with Crippen LogP contribution in [0.3, 0.4) is 0 Å². The van der Waals surface area contributed by atoms with E-state index in [1.54, 1.807) is 6.92 Å². The van der Waals surface area contributed by atoms with E-state index < -0.39 is 5.54 Å². The van der Waals surface area contributed by atoms with Crippen molar-refractivity contribution in [3.05, 3.63) is 6.07 Å². The standard InChI is InChI=1S/C12H18N6OS/c1-7(2)12(3,6-13)18-10(19)5-20-11-16-8(14)4-9(15)17-11/h4,7H,5H2,1-3H3,(H,18,19)(H4,14,15,16,17). The highest BCUT2D eigenvalue weighted by atomic mass is 32.2. The number of anilines is 2. The molecule has 0 aliphatic carbocycles. The van der Waals surface area contributed by atoms with E-state index in [1.165, 1.54) is 6.07 Å². The van der Waals surface area contributed by atoms with E-state index in [2.05, 4.69) is 21.4 Å². The molecule has 8 heteroatoms. The monoisotopic (exact) mass is 294 g/mol. The normalized spacial score (nSPS) is 13.6. The molecule has 1 amide bonds. The van der Waals surface area contributed by atoms with E-state index in [-0.39, 0.29) is 29.2 Å². The van der Waals surface area contributed by atoms with Crippen LogP contribution in [0, 0.1) is 17.2 Å². The molecule has 1 atom stereocenters. The van der Waals surface area contributed by atoms with Crippen molar-refractivity contribution in [2.75, 3.05) is 17.2 Å². The lowest BCUT2D eigenvalue weighted by Gasteiger charge is -2.27. The van der Waals surface area contributed by atoms with Gasteiger partial charge in [-0.3, -0.25) is 4.79 Å². The second-order valence-electron chi connectivity index (χ2n) is 4.81. The van der Waals surface area contributed by atoms with Gasteiger partial charge in [0.2, 0.25) is 5.91 Å². The average Bonchev–Trinajstić information content (AvgIpc) is 2.35. The number of aromatic nitrogens is 2. The zero-order chi connectivity index (χ0) is 15.3. The minimum atomic E-state index is -0.896. The first kappa shape index (κ1) is 16.0. The number of amides is 1. The zero-order valence-electron chi connectivity index (χ0n) is 11.7. The summed E-state index contributed by atoms with van der Waals surface area (Å²) in [4.78, 5) is 19.8. The van der Waals surface area contributed by atoms with Gasteiger partial charge in [-0.25, -0.2) is 9.97 Å². The van der Waals surface area contributed by atoms with Gasteiger partial charge in [0.1, 0.15) is 17.2 Å². The van der Waals surface area contributed by atoms with E-state index in [1.807, 2.05) is 13.8 Å². The number of hydrogen-bond acceptors (Lipinski definition) is 7. The van der Waals surface area contributed by atoms with Crippen LogP contribution < -0.4 is 16.8 Å². The van der Waals surface area contributed by atoms with E-state index in [0.29, 0.717) is 5.16 Å². The van der Waals surface area contributed by atoms with Crippen LogP contribution >= 0.6 is 11.8 Å². The summed E-state index contributed by atoms with van der Waals surface area (Å²) < 4.78 is 0. The molecule has 0 aliphatic rings. The highest BCUT2D eigenvalue weighted by Crippen LogP contribution is 2.18. The molecule has 0 spiro atoms. The maximum Gasteiger partial charge on any atom is 0.231 e. The Bertz CT molecular complexity index is 521. The summed E-state index contributed by atoms with van der Waals surface area (Å²) in [6, 6.07) is 3.55. The molecular weight excluding hydrogens is 276 g/mol. The Kier molecular flexibility index (Phi) is 5.16. The lowest BCUT2D eigenvalue weighted by Crippen LogP contribution is -2.49. The third-order valence-electron chi connectivity index (χ3n) is 2.86. The predicted molar refractivity (Wildman–Crippen MR) is 78.6 cm³/mol. The molecule has 0 radical (unpaired) electrons. The Morgan fingerprint density at radius 1 is 1.50 bits per heavy atom. The van der Waals surface area contributed by atoms with Gasteiger partial charge in [0.25, 0.3) is 0 Å². The van der Waals surface area contributed by atoms with Crippen molar-refractivity contribution in [1.29, 1.82) is 5.26 Å². The lowest BCUT2D eigenvalue weighted by molar-refractivity contribution is -0.120. The van der Waals surface area contributed by atoms with Crippen molar-refractivity contribution >= 4 is 29.3 Å². The molecule has 1 heterocycles. The van der Waals surface area contributed by atoms with Crippen LogP contribution in [0.2, 0.25) is 0 Å². The van der Waals surface area contributed by atoms with Gasteiger partial charge >= 0.3 is 0 Å². The molecule has 108 valence electrons. The molecule has 0 fully saturated rings. The molecule has 1 unspecified atom stereocenters. The van der Waals surface area contributed by atoms with E-state index in [4.69, 9.17) is 16.7 Å². The van der Waals surface area contributed by atoms with Crippen LogP contribution in [0.15, 0.2) is 11.2 Å². The molecule has 0 saturated carbocycles. The van der Waals surface area contributed by atoms with Crippen LogP contribution in [0.4, 0.5) is 11.6 Å². The summed E-state index contributed by atoms with van der Waals surface area (Å²) in [5.41, 5.74) is 10.2. The molecule has 1 aromatic heterocycles. The van der Waals surface area contributed by atoms with Crippen LogP contribution in [-0.4, -0.2) is 27.2 Å². The number of nitrogen functional groups attached to an aromatic ring is 2. The number of thioether (sulfide) groups is 1. The number of hydrogen-bond donors (Lipinski definition) is 3. The summed E-state index contributed by atoms with van der Waals surface area (Å²) in [6.45, 7) is 5.44. The smallest absolute Gasteiger partial charge is 0.231 e. The Balaban J connectivity index is 2.62. The van der Waals surface area contributed by atoms with Gasteiger partial charge in [-0.05, 0) is 12.8 Å². The van der Waals surface area contributed by atoms with Gasteiger partial charge in [-0.15, -0.1) is 0 Å². The molecule has 20 heavy (non-hydrogen) atoms. The molecule has 5 N–H and O–H groups in total. The van der Waals surface area contributed by atoms with E-state index >= 15 is 0 Å². The summed E-state index contributed by atoms with van der Waals surface area (Å²) in [7, 11) is 0. The number of nitrogens with one attached hydrogen (secondary N) is 1. The molecule has 0 aromatic carbocycles. The number of nitrogens with zero attached hydrogens (tertiary/aromatic N) is 3. The van der Waals surface area contributed by atoms with Gasteiger partial charge in [0.05, 0.1) is 11.8 Å². The third-order valence-corrected chi connectivity index (χ3v) is 3.71. The second-order valence-corrected chi connectivity index (χ2v) is 5.75. The zero-order valence-corrected chi connectivity index (χ0v) is 12.5. The number of carbonyl (C=O) groups is 1. The predicted octanol–water partition coefficient (Wildman–Crippen LogP) is 0.788. The maximum absolute atomic E-state index is 11.9. The van der Waals surface area contributed by atoms with Crippen LogP contribution in [0.1, 0.15) is 20.8 Å². The fourth-order valence-electron chi connectivity index (χ4n) is 1.28. The second kappa shape index (κ2) is 6.43. The minimum absolute atomic E-state index is 0.000661. The number of nitrogens with two attached hydrogens (primary N) is 2. The summed E-state index contributed by atoms with van der Waals surface area (Å²) >= 11 is 1.12. The van der Waals surface area contributed by atoms with E-state index in [9.17, 15) is 4.79 Å². The summed E-state index contributed by atoms with van der Waals surface area (Å²) in [5, 5.41) is 12.2. The van der Waals surface area contributed by atoms with Crippen molar-refractivity contribution in [2.24, 2.45) is 5.92 Å². The Morgan fingerprint density at radius 2 is 2.05 bits per heavy atom. The summed E-state index contributed by atoms with van der Waals surface area (Å²) in [6.07, 6.45) is 0. The van der Waals surface area contributed by atoms with Crippen molar-refractivity contribution in [3.8, 4) is 6.07 Å². The molecule has 7 nitrogen and oxygen atoms in total. The first-order valence-corrected chi connectivity index (χ1v) is 7.00. The van der Waals surface area contributed by atoms with Crippen LogP contribution in [0.25, 0.3) is 0 Å². The van der Waals surface area contributed by atoms with Crippen molar-refractivity contribution in [1.82, 2.24) is 15.3 Å². The van der Waals surface area contributed by atoms with Crippen LogP contribution in [0.5, 0.6) is 0 Å². The minimum Gasteiger partial charge on any atom is -0.383 e. The fraction of sp³-hybridized carbons (Fsp3) is 0.500. The Hall–Kier alpha value is -2.01. The van der Waals surface area contributed by atoms with Gasteiger partial charge in [0, 0.05) is 6.07 Å². The maximum atomic E-state index is 11.9. The van der Waals surface area contributed by atoms with Crippen molar-refractivity contribution < 1.29 is 4.79 Å². The molecular formula is C12H18N6OS. The fourth-order valence-corrected chi connectivity index (χ4v) is 1.96. The van der Waals surface area contributed by atoms with Gasteiger partial charge < -0.3 is 16.8 Å². The Labute approximate surface area is 122 Å². The third kappa shape index (κ3) is 4.28. The largest absolute Gasteiger partial charge is 0.383 e. The highest BCUT2D eigenvalue weighted by molar-refractivity contribution is 7.99. The summed E-state index contributed by atoms with van der Waals surface area (Å²) in [5.74, 6) is 0.333. The number of rotatable bonds is 5. The first-order chi connectivity index (χ1) is 9.26. The molecule has 0 saturated heterocycles. The molecule has 0 bridgehead atoms. The highest BCUT2D eigenvalue weighted by Gasteiger charge is 2.29. The van der Waals surface area contributed by atoms with Gasteiger partial charge in [0.15, 0.2) is 5.16 Å². The van der Waals surface area contributed by atoms with Crippen molar-refractivity contribution in [2.45, 2.75) is 31.5 Å². The first-order valence-electron chi connectivity index (χ1n) is 6.02. The number of carbonyl (C=O) groups excluding carboxylic acids is 1. The SMILES string of the molecule is CC(C)C(C)(C#N)NC(=O)CSc1nc(N)cc(N)n1. The topological polar surface area (TPSA) is 131 Å². The Morgan fingerprint density at radius 3 is 2.50 bits per heavy atom. The molecule has 1 rings (SSSR count). The van der Waals surface area contributed by atoms with Crippen LogP contribution in [-0.2, 0) is 4.79 Å².